The summed E-state index contributed by atoms with van der Waals surface area (Å²) >= 11 is 1.37. The maximum Gasteiger partial charge on any atom is 0.327 e. The van der Waals surface area contributed by atoms with Gasteiger partial charge in [-0.15, -0.1) is 16.4 Å². The largest absolute Gasteiger partial charge is 0.468 e. The fourth-order valence-corrected chi connectivity index (χ4v) is 2.27. The zero-order valence-corrected chi connectivity index (χ0v) is 11.1. The molecule has 9 heteroatoms. The number of anilines is 1. The maximum absolute atomic E-state index is 11.3. The Balaban J connectivity index is 2.32. The molecule has 0 aliphatic rings. The first-order valence-electron chi connectivity index (χ1n) is 5.30. The van der Waals surface area contributed by atoms with E-state index in [1.165, 1.54) is 30.1 Å². The van der Waals surface area contributed by atoms with Crippen LogP contribution in [-0.4, -0.2) is 39.2 Å². The van der Waals surface area contributed by atoms with Crippen LogP contribution in [0.2, 0.25) is 0 Å². The highest BCUT2D eigenvalue weighted by Crippen LogP contribution is 2.31. The molecule has 1 N–H and O–H groups in total. The lowest BCUT2D eigenvalue weighted by Crippen LogP contribution is -2.14. The van der Waals surface area contributed by atoms with Crippen molar-refractivity contribution in [2.24, 2.45) is 0 Å². The van der Waals surface area contributed by atoms with Crippen molar-refractivity contribution in [2.75, 3.05) is 12.4 Å². The molecule has 8 nitrogen and oxygen atoms in total. The Morgan fingerprint density at radius 2 is 2.32 bits per heavy atom. The normalized spacial score (nSPS) is 10.2. The number of hydrogen-bond donors (Lipinski definition) is 1. The summed E-state index contributed by atoms with van der Waals surface area (Å²) in [7, 11) is 1.29. The SMILES string of the molecule is COC(=O)Cn1nnnc1-c1sccc1NC(C)=O. The van der Waals surface area contributed by atoms with Crippen LogP contribution >= 0.6 is 11.3 Å². The molecule has 0 aromatic carbocycles. The van der Waals surface area contributed by atoms with Crippen LogP contribution in [0.1, 0.15) is 6.92 Å². The van der Waals surface area contributed by atoms with E-state index in [-0.39, 0.29) is 12.5 Å². The summed E-state index contributed by atoms with van der Waals surface area (Å²) in [5.41, 5.74) is 0.610. The molecule has 0 saturated carbocycles. The predicted molar refractivity (Wildman–Crippen MR) is 67.4 cm³/mol. The number of aromatic nitrogens is 4. The molecule has 0 spiro atoms. The number of thiophene rings is 1. The third-order valence-corrected chi connectivity index (χ3v) is 3.13. The maximum atomic E-state index is 11.3. The molecule has 0 bridgehead atoms. The van der Waals surface area contributed by atoms with Crippen LogP contribution in [0, 0.1) is 0 Å². The second-order valence-corrected chi connectivity index (χ2v) is 4.50. The lowest BCUT2D eigenvalue weighted by Gasteiger charge is -2.04. The first-order chi connectivity index (χ1) is 9.11. The van der Waals surface area contributed by atoms with Gasteiger partial charge in [0.05, 0.1) is 17.7 Å². The molecule has 0 fully saturated rings. The van der Waals surface area contributed by atoms with Crippen molar-refractivity contribution in [3.05, 3.63) is 11.4 Å². The molecule has 0 unspecified atom stereocenters. The van der Waals surface area contributed by atoms with Gasteiger partial charge in [-0.25, -0.2) is 4.68 Å². The highest BCUT2D eigenvalue weighted by Gasteiger charge is 2.17. The zero-order valence-electron chi connectivity index (χ0n) is 10.3. The molecular formula is C10H11N5O3S. The van der Waals surface area contributed by atoms with Crippen LogP contribution in [0.25, 0.3) is 10.7 Å². The van der Waals surface area contributed by atoms with E-state index in [2.05, 4.69) is 25.6 Å². The standard InChI is InChI=1S/C10H11N5O3S/c1-6(16)11-7-3-4-19-9(7)10-12-13-14-15(10)5-8(17)18-2/h3-4H,5H2,1-2H3,(H,11,16). The molecule has 2 rings (SSSR count). The fourth-order valence-electron chi connectivity index (χ4n) is 1.43. The van der Waals surface area contributed by atoms with Crippen LogP contribution in [0.15, 0.2) is 11.4 Å². The molecule has 0 aliphatic heterocycles. The van der Waals surface area contributed by atoms with Gasteiger partial charge in [0.15, 0.2) is 5.82 Å². The Hall–Kier alpha value is -2.29. The van der Waals surface area contributed by atoms with Crippen molar-refractivity contribution in [1.29, 1.82) is 0 Å². The van der Waals surface area contributed by atoms with Crippen molar-refractivity contribution < 1.29 is 14.3 Å². The lowest BCUT2D eigenvalue weighted by atomic mass is 10.3. The number of esters is 1. The van der Waals surface area contributed by atoms with Gasteiger partial charge in [-0.2, -0.15) is 0 Å². The highest BCUT2D eigenvalue weighted by molar-refractivity contribution is 7.14. The monoisotopic (exact) mass is 281 g/mol. The van der Waals surface area contributed by atoms with Crippen molar-refractivity contribution in [2.45, 2.75) is 13.5 Å². The van der Waals surface area contributed by atoms with Gasteiger partial charge >= 0.3 is 5.97 Å². The van der Waals surface area contributed by atoms with Gasteiger partial charge in [0.25, 0.3) is 0 Å². The quantitative estimate of drug-likeness (QED) is 0.821. The number of ether oxygens (including phenoxy) is 1. The first-order valence-corrected chi connectivity index (χ1v) is 6.18. The van der Waals surface area contributed by atoms with Gasteiger partial charge in [-0.1, -0.05) is 0 Å². The van der Waals surface area contributed by atoms with E-state index < -0.39 is 5.97 Å². The number of carbonyl (C=O) groups excluding carboxylic acids is 2. The van der Waals surface area contributed by atoms with Gasteiger partial charge in [0, 0.05) is 6.92 Å². The van der Waals surface area contributed by atoms with E-state index in [0.29, 0.717) is 16.4 Å². The van der Waals surface area contributed by atoms with Gasteiger partial charge in [0.1, 0.15) is 6.54 Å². The molecular weight excluding hydrogens is 270 g/mol. The highest BCUT2D eigenvalue weighted by atomic mass is 32.1. The van der Waals surface area contributed by atoms with Crippen LogP contribution in [0.3, 0.4) is 0 Å². The number of methoxy groups -OCH3 is 1. The summed E-state index contributed by atoms with van der Waals surface area (Å²) in [5.74, 6) is -0.234. The summed E-state index contributed by atoms with van der Waals surface area (Å²) in [4.78, 5) is 23.0. The molecule has 1 amide bonds. The summed E-state index contributed by atoms with van der Waals surface area (Å²) in [6.07, 6.45) is 0. The number of hydrogen-bond acceptors (Lipinski definition) is 7. The Morgan fingerprint density at radius 1 is 1.53 bits per heavy atom. The van der Waals surface area contributed by atoms with E-state index in [1.54, 1.807) is 11.4 Å². The Labute approximate surface area is 112 Å². The molecule has 0 radical (unpaired) electrons. The van der Waals surface area contributed by atoms with Crippen LogP contribution in [0.5, 0.6) is 0 Å². The van der Waals surface area contributed by atoms with Crippen LogP contribution in [0.4, 0.5) is 5.69 Å². The fraction of sp³-hybridized carbons (Fsp3) is 0.300. The minimum absolute atomic E-state index is 0.0871. The molecule has 19 heavy (non-hydrogen) atoms. The molecule has 2 aromatic rings. The smallest absolute Gasteiger partial charge is 0.327 e. The lowest BCUT2D eigenvalue weighted by molar-refractivity contribution is -0.141. The second-order valence-electron chi connectivity index (χ2n) is 3.58. The number of tetrazole rings is 1. The van der Waals surface area contributed by atoms with E-state index in [1.807, 2.05) is 0 Å². The number of rotatable bonds is 4. The minimum atomic E-state index is -0.453. The van der Waals surface area contributed by atoms with Crippen molar-refractivity contribution in [1.82, 2.24) is 20.2 Å². The van der Waals surface area contributed by atoms with E-state index >= 15 is 0 Å². The average molecular weight is 281 g/mol. The van der Waals surface area contributed by atoms with Crippen molar-refractivity contribution >= 4 is 28.9 Å². The third-order valence-electron chi connectivity index (χ3n) is 2.22. The second kappa shape index (κ2) is 5.57. The Bertz CT molecular complexity index is 606. The number of nitrogens with zero attached hydrogens (tertiary/aromatic N) is 4. The van der Waals surface area contributed by atoms with E-state index in [9.17, 15) is 9.59 Å². The summed E-state index contributed by atoms with van der Waals surface area (Å²) in [5, 5.41) is 15.6. The van der Waals surface area contributed by atoms with Gasteiger partial charge < -0.3 is 10.1 Å². The molecule has 0 saturated heterocycles. The summed E-state index contributed by atoms with van der Waals surface area (Å²) in [6.45, 7) is 1.33. The number of amides is 1. The molecule has 2 aromatic heterocycles. The Morgan fingerprint density at radius 3 is 3.00 bits per heavy atom. The van der Waals surface area contributed by atoms with Gasteiger partial charge in [-0.05, 0) is 21.9 Å². The van der Waals surface area contributed by atoms with Gasteiger partial charge in [0.2, 0.25) is 5.91 Å². The first kappa shape index (κ1) is 13.1. The van der Waals surface area contributed by atoms with Crippen molar-refractivity contribution in [3.8, 4) is 10.7 Å². The van der Waals surface area contributed by atoms with Crippen molar-refractivity contribution in [3.63, 3.8) is 0 Å². The molecule has 2 heterocycles. The van der Waals surface area contributed by atoms with Crippen LogP contribution < -0.4 is 5.32 Å². The molecule has 0 aliphatic carbocycles. The number of carbonyl (C=O) groups is 2. The molecule has 100 valence electrons. The summed E-state index contributed by atoms with van der Waals surface area (Å²) < 4.78 is 5.89. The summed E-state index contributed by atoms with van der Waals surface area (Å²) in [6, 6.07) is 1.75. The van der Waals surface area contributed by atoms with Gasteiger partial charge in [-0.3, -0.25) is 9.59 Å². The number of nitrogens with one attached hydrogen (secondary N) is 1. The topological polar surface area (TPSA) is 99.0 Å². The predicted octanol–water partition coefficient (Wildman–Crippen LogP) is 0.533. The van der Waals surface area contributed by atoms with E-state index in [4.69, 9.17) is 0 Å². The minimum Gasteiger partial charge on any atom is -0.468 e. The van der Waals surface area contributed by atoms with Crippen LogP contribution in [-0.2, 0) is 20.9 Å². The molecule has 0 atom stereocenters. The Kier molecular flexibility index (Phi) is 3.85. The zero-order chi connectivity index (χ0) is 13.8. The third kappa shape index (κ3) is 2.94. The van der Waals surface area contributed by atoms with E-state index in [0.717, 1.165) is 0 Å². The average Bonchev–Trinajstić information content (AvgIpc) is 2.97.